The van der Waals surface area contributed by atoms with Crippen LogP contribution in [0.4, 0.5) is 16.2 Å². The smallest absolute Gasteiger partial charge is 0.414 e. The van der Waals surface area contributed by atoms with Crippen LogP contribution in [0.5, 0.6) is 5.75 Å². The molecule has 8 nitrogen and oxygen atoms in total. The number of benzene rings is 2. The lowest BCUT2D eigenvalue weighted by molar-refractivity contribution is -0.113. The van der Waals surface area contributed by atoms with Crippen molar-refractivity contribution in [2.24, 2.45) is 0 Å². The van der Waals surface area contributed by atoms with E-state index in [4.69, 9.17) is 9.47 Å². The minimum atomic E-state index is -0.361. The summed E-state index contributed by atoms with van der Waals surface area (Å²) in [4.78, 5) is 31.2. The predicted molar refractivity (Wildman–Crippen MR) is 136 cm³/mol. The van der Waals surface area contributed by atoms with Crippen molar-refractivity contribution >= 4 is 35.1 Å². The molecule has 0 radical (unpaired) electrons. The predicted octanol–water partition coefficient (Wildman–Crippen LogP) is 4.31. The number of rotatable bonds is 8. The van der Waals surface area contributed by atoms with Crippen LogP contribution in [0.25, 0.3) is 11.1 Å². The van der Waals surface area contributed by atoms with Crippen molar-refractivity contribution in [2.45, 2.75) is 24.0 Å². The van der Waals surface area contributed by atoms with Crippen LogP contribution in [-0.2, 0) is 16.1 Å². The van der Waals surface area contributed by atoms with Gasteiger partial charge in [-0.2, -0.15) is 0 Å². The van der Waals surface area contributed by atoms with E-state index in [2.05, 4.69) is 21.7 Å². The van der Waals surface area contributed by atoms with Crippen LogP contribution in [0.3, 0.4) is 0 Å². The first-order valence-electron chi connectivity index (χ1n) is 11.4. The third-order valence-corrected chi connectivity index (χ3v) is 7.03. The van der Waals surface area contributed by atoms with Crippen LogP contribution in [0.15, 0.2) is 65.8 Å². The van der Waals surface area contributed by atoms with Gasteiger partial charge in [0.2, 0.25) is 5.91 Å². The number of pyridine rings is 1. The monoisotopic (exact) mass is 490 g/mol. The van der Waals surface area contributed by atoms with Gasteiger partial charge in [0.15, 0.2) is 0 Å². The Morgan fingerprint density at radius 1 is 1.17 bits per heavy atom. The summed E-state index contributed by atoms with van der Waals surface area (Å²) in [7, 11) is 1.66. The topological polar surface area (TPSA) is 92.8 Å². The summed E-state index contributed by atoms with van der Waals surface area (Å²) in [6.07, 6.45) is 3.83. The van der Waals surface area contributed by atoms with E-state index in [0.717, 1.165) is 38.7 Å². The highest BCUT2D eigenvalue weighted by atomic mass is 32.2. The lowest BCUT2D eigenvalue weighted by Gasteiger charge is -2.20. The lowest BCUT2D eigenvalue weighted by Crippen LogP contribution is -2.26. The molecule has 2 aliphatic heterocycles. The summed E-state index contributed by atoms with van der Waals surface area (Å²) < 4.78 is 10.9. The molecule has 2 aromatic carbocycles. The van der Waals surface area contributed by atoms with Gasteiger partial charge in [-0.1, -0.05) is 12.1 Å². The van der Waals surface area contributed by atoms with Crippen molar-refractivity contribution in [2.75, 3.05) is 36.2 Å². The number of hydrogen-bond acceptors (Lipinski definition) is 7. The second kappa shape index (κ2) is 10.4. The summed E-state index contributed by atoms with van der Waals surface area (Å²) in [5, 5.41) is 6.29. The van der Waals surface area contributed by atoms with E-state index in [1.165, 1.54) is 11.8 Å². The summed E-state index contributed by atoms with van der Waals surface area (Å²) in [6.45, 7) is 1.84. The Hall–Kier alpha value is -3.56. The first-order valence-corrected chi connectivity index (χ1v) is 12.4. The Kier molecular flexibility index (Phi) is 6.87. The molecule has 1 saturated heterocycles. The Labute approximate surface area is 208 Å². The molecule has 1 aromatic heterocycles. The van der Waals surface area contributed by atoms with Gasteiger partial charge in [-0.3, -0.25) is 14.7 Å². The number of carbonyl (C=O) groups excluding carboxylic acids is 2. The summed E-state index contributed by atoms with van der Waals surface area (Å²) in [5.74, 6) is 1.19. The van der Waals surface area contributed by atoms with E-state index in [1.807, 2.05) is 54.9 Å². The molecule has 2 aliphatic rings. The average Bonchev–Trinajstić information content (AvgIpc) is 3.26. The minimum Gasteiger partial charge on any atom is -0.497 e. The van der Waals surface area contributed by atoms with Crippen molar-refractivity contribution in [3.05, 3.63) is 66.5 Å². The number of nitrogens with zero attached hydrogens (tertiary/aromatic N) is 2. The van der Waals surface area contributed by atoms with Gasteiger partial charge < -0.3 is 20.1 Å². The molecule has 0 aliphatic carbocycles. The number of cyclic esters (lactones) is 1. The zero-order valence-electron chi connectivity index (χ0n) is 19.3. The number of hydrogen-bond donors (Lipinski definition) is 2. The minimum absolute atomic E-state index is 0.0307. The molecule has 180 valence electrons. The molecule has 5 rings (SSSR count). The van der Waals surface area contributed by atoms with Crippen LogP contribution in [0, 0.1) is 0 Å². The third kappa shape index (κ3) is 5.41. The molecule has 0 spiro atoms. The standard InChI is InChI=1S/C26H26N4O4S/c1-33-21-4-2-3-18(10-21)19-9-17(13-28-14-19)12-27-8-7-22-15-30(26(32)34-22)20-5-6-24-23(11-20)29-25(31)16-35-24/h2-6,9-11,13-14,22,27H,7-8,12,15-16H2,1H3,(H,29,31)/t22-/m1/s1. The van der Waals surface area contributed by atoms with Gasteiger partial charge in [0.25, 0.3) is 0 Å². The largest absolute Gasteiger partial charge is 0.497 e. The highest BCUT2D eigenvalue weighted by Crippen LogP contribution is 2.35. The molecule has 1 fully saturated rings. The molecule has 2 amide bonds. The molecule has 2 N–H and O–H groups in total. The highest BCUT2D eigenvalue weighted by molar-refractivity contribution is 8.00. The molecular formula is C26H26N4O4S. The molecule has 3 heterocycles. The molecule has 35 heavy (non-hydrogen) atoms. The number of anilines is 2. The van der Waals surface area contributed by atoms with Gasteiger partial charge in [-0.05, 0) is 60.5 Å². The number of fused-ring (bicyclic) bond motifs is 1. The number of carbonyl (C=O) groups is 2. The molecular weight excluding hydrogens is 464 g/mol. The fraction of sp³-hybridized carbons (Fsp3) is 0.269. The van der Waals surface area contributed by atoms with Crippen LogP contribution in [-0.4, -0.2) is 49.0 Å². The zero-order valence-corrected chi connectivity index (χ0v) is 20.1. The fourth-order valence-electron chi connectivity index (χ4n) is 4.16. The Balaban J connectivity index is 1.13. The van der Waals surface area contributed by atoms with Crippen molar-refractivity contribution in [3.8, 4) is 16.9 Å². The molecule has 9 heteroatoms. The van der Waals surface area contributed by atoms with E-state index >= 15 is 0 Å². The Bertz CT molecular complexity index is 1250. The van der Waals surface area contributed by atoms with Gasteiger partial charge in [-0.25, -0.2) is 4.79 Å². The van der Waals surface area contributed by atoms with Crippen LogP contribution in [0.2, 0.25) is 0 Å². The van der Waals surface area contributed by atoms with Crippen molar-refractivity contribution in [1.82, 2.24) is 10.3 Å². The van der Waals surface area contributed by atoms with Gasteiger partial charge in [0, 0.05) is 35.1 Å². The van der Waals surface area contributed by atoms with Crippen LogP contribution < -0.4 is 20.3 Å². The van der Waals surface area contributed by atoms with Crippen LogP contribution >= 0.6 is 11.8 Å². The maximum absolute atomic E-state index is 12.5. The summed E-state index contributed by atoms with van der Waals surface area (Å²) >= 11 is 1.50. The fourth-order valence-corrected chi connectivity index (χ4v) is 4.95. The summed E-state index contributed by atoms with van der Waals surface area (Å²) in [5.41, 5.74) is 4.63. The first kappa shape index (κ1) is 23.2. The number of methoxy groups -OCH3 is 1. The van der Waals surface area contributed by atoms with Gasteiger partial charge >= 0.3 is 6.09 Å². The molecule has 0 bridgehead atoms. The maximum atomic E-state index is 12.5. The van der Waals surface area contributed by atoms with Crippen molar-refractivity contribution in [3.63, 3.8) is 0 Å². The van der Waals surface area contributed by atoms with Crippen LogP contribution in [0.1, 0.15) is 12.0 Å². The first-order chi connectivity index (χ1) is 17.1. The van der Waals surface area contributed by atoms with Gasteiger partial charge in [0.1, 0.15) is 11.9 Å². The number of nitrogens with one attached hydrogen (secondary N) is 2. The van der Waals surface area contributed by atoms with E-state index in [1.54, 1.807) is 12.0 Å². The molecule has 0 unspecified atom stereocenters. The quantitative estimate of drug-likeness (QED) is 0.455. The highest BCUT2D eigenvalue weighted by Gasteiger charge is 2.32. The average molecular weight is 491 g/mol. The van der Waals surface area contributed by atoms with Crippen molar-refractivity contribution < 1.29 is 19.1 Å². The van der Waals surface area contributed by atoms with E-state index in [0.29, 0.717) is 31.8 Å². The van der Waals surface area contributed by atoms with Crippen molar-refractivity contribution in [1.29, 1.82) is 0 Å². The lowest BCUT2D eigenvalue weighted by atomic mass is 10.1. The third-order valence-electron chi connectivity index (χ3n) is 5.95. The van der Waals surface area contributed by atoms with Gasteiger partial charge in [-0.15, -0.1) is 11.8 Å². The summed E-state index contributed by atoms with van der Waals surface area (Å²) in [6, 6.07) is 15.7. The number of amides is 2. The van der Waals surface area contributed by atoms with E-state index in [9.17, 15) is 9.59 Å². The molecule has 1 atom stereocenters. The second-order valence-corrected chi connectivity index (χ2v) is 9.43. The Morgan fingerprint density at radius 3 is 2.97 bits per heavy atom. The maximum Gasteiger partial charge on any atom is 0.414 e. The Morgan fingerprint density at radius 2 is 2.09 bits per heavy atom. The number of thioether (sulfide) groups is 1. The number of ether oxygens (including phenoxy) is 2. The van der Waals surface area contributed by atoms with E-state index < -0.39 is 0 Å². The van der Waals surface area contributed by atoms with E-state index in [-0.39, 0.29) is 18.1 Å². The zero-order chi connectivity index (χ0) is 24.2. The molecule has 3 aromatic rings. The second-order valence-electron chi connectivity index (χ2n) is 8.41. The normalized spacial score (nSPS) is 17.1. The molecule has 0 saturated carbocycles. The van der Waals surface area contributed by atoms with Gasteiger partial charge in [0.05, 0.1) is 25.1 Å². The SMILES string of the molecule is COc1cccc(-c2cncc(CNCC[C@@H]3CN(c4ccc5c(c4)NC(=O)CS5)C(=O)O3)c2)c1. The number of aromatic nitrogens is 1.